The predicted molar refractivity (Wildman–Crippen MR) is 88.0 cm³/mol. The van der Waals surface area contributed by atoms with Crippen LogP contribution in [-0.2, 0) is 14.8 Å². The number of hydrogen-bond acceptors (Lipinski definition) is 5. The highest BCUT2D eigenvalue weighted by atomic mass is 32.2. The fourth-order valence-corrected chi connectivity index (χ4v) is 4.60. The van der Waals surface area contributed by atoms with Gasteiger partial charge in [0.2, 0.25) is 15.9 Å². The molecule has 1 saturated heterocycles. The van der Waals surface area contributed by atoms with Gasteiger partial charge >= 0.3 is 0 Å². The molecule has 8 heteroatoms. The van der Waals surface area contributed by atoms with E-state index in [0.29, 0.717) is 25.1 Å². The van der Waals surface area contributed by atoms with Crippen molar-refractivity contribution in [2.75, 3.05) is 11.9 Å². The summed E-state index contributed by atoms with van der Waals surface area (Å²) in [5.74, 6) is 0.468. The number of anilines is 1. The van der Waals surface area contributed by atoms with Gasteiger partial charge in [-0.25, -0.2) is 8.42 Å². The van der Waals surface area contributed by atoms with Crippen LogP contribution >= 0.6 is 0 Å². The number of amides is 1. The van der Waals surface area contributed by atoms with E-state index < -0.39 is 22.0 Å². The molecule has 3 rings (SSSR count). The monoisotopic (exact) mass is 349 g/mol. The highest BCUT2D eigenvalue weighted by Gasteiger charge is 2.39. The lowest BCUT2D eigenvalue weighted by Crippen LogP contribution is -2.43. The molecule has 7 nitrogen and oxygen atoms in total. The number of carbonyl (C=O) groups is 1. The van der Waals surface area contributed by atoms with E-state index in [1.165, 1.54) is 4.31 Å². The SMILES string of the molecule is Cc1cccc(S(=O)(=O)N2CCC[C@@H]2C(=O)Nc2cc(C)on2)c1. The van der Waals surface area contributed by atoms with Gasteiger partial charge in [0.25, 0.3) is 0 Å². The molecule has 2 heterocycles. The van der Waals surface area contributed by atoms with Crippen molar-refractivity contribution in [3.05, 3.63) is 41.7 Å². The maximum Gasteiger partial charge on any atom is 0.244 e. The molecular weight excluding hydrogens is 330 g/mol. The molecule has 0 radical (unpaired) electrons. The van der Waals surface area contributed by atoms with Gasteiger partial charge in [0.1, 0.15) is 11.8 Å². The van der Waals surface area contributed by atoms with Gasteiger partial charge in [-0.15, -0.1) is 0 Å². The van der Waals surface area contributed by atoms with Crippen molar-refractivity contribution >= 4 is 21.7 Å². The van der Waals surface area contributed by atoms with E-state index >= 15 is 0 Å². The third kappa shape index (κ3) is 3.20. The first-order valence-electron chi connectivity index (χ1n) is 7.70. The van der Waals surface area contributed by atoms with Gasteiger partial charge in [0.05, 0.1) is 4.90 Å². The lowest BCUT2D eigenvalue weighted by molar-refractivity contribution is -0.119. The molecule has 128 valence electrons. The number of nitrogens with one attached hydrogen (secondary N) is 1. The maximum atomic E-state index is 12.9. The predicted octanol–water partition coefficient (Wildman–Crippen LogP) is 2.08. The van der Waals surface area contributed by atoms with E-state index in [9.17, 15) is 13.2 Å². The van der Waals surface area contributed by atoms with E-state index in [4.69, 9.17) is 4.52 Å². The molecule has 2 aromatic rings. The number of benzene rings is 1. The molecule has 1 N–H and O–H groups in total. The van der Waals surface area contributed by atoms with Gasteiger partial charge < -0.3 is 9.84 Å². The van der Waals surface area contributed by atoms with Gasteiger partial charge in [-0.05, 0) is 44.4 Å². The van der Waals surface area contributed by atoms with Crippen LogP contribution in [0.2, 0.25) is 0 Å². The molecule has 1 fully saturated rings. The van der Waals surface area contributed by atoms with Crippen LogP contribution in [0, 0.1) is 13.8 Å². The molecule has 0 bridgehead atoms. The summed E-state index contributed by atoms with van der Waals surface area (Å²) in [5, 5.41) is 6.33. The van der Waals surface area contributed by atoms with Crippen LogP contribution in [0.25, 0.3) is 0 Å². The Labute approximate surface area is 140 Å². The summed E-state index contributed by atoms with van der Waals surface area (Å²) in [6.45, 7) is 3.87. The molecule has 1 amide bonds. The van der Waals surface area contributed by atoms with Gasteiger partial charge in [0.15, 0.2) is 5.82 Å². The van der Waals surface area contributed by atoms with Crippen molar-refractivity contribution in [1.82, 2.24) is 9.46 Å². The molecule has 1 aliphatic heterocycles. The van der Waals surface area contributed by atoms with E-state index in [1.54, 1.807) is 31.2 Å². The average Bonchev–Trinajstić information content (AvgIpc) is 3.16. The zero-order chi connectivity index (χ0) is 17.3. The van der Waals surface area contributed by atoms with Crippen LogP contribution in [-0.4, -0.2) is 36.4 Å². The van der Waals surface area contributed by atoms with Crippen LogP contribution < -0.4 is 5.32 Å². The lowest BCUT2D eigenvalue weighted by Gasteiger charge is -2.23. The Morgan fingerprint density at radius 3 is 2.79 bits per heavy atom. The summed E-state index contributed by atoms with van der Waals surface area (Å²) in [6, 6.07) is 7.55. The summed E-state index contributed by atoms with van der Waals surface area (Å²) in [6.07, 6.45) is 1.12. The zero-order valence-electron chi connectivity index (χ0n) is 13.5. The molecule has 24 heavy (non-hydrogen) atoms. The summed E-state index contributed by atoms with van der Waals surface area (Å²) < 4.78 is 31.9. The minimum atomic E-state index is -3.71. The largest absolute Gasteiger partial charge is 0.360 e. The van der Waals surface area contributed by atoms with Crippen molar-refractivity contribution in [2.24, 2.45) is 0 Å². The Balaban J connectivity index is 1.83. The van der Waals surface area contributed by atoms with Crippen LogP contribution in [0.4, 0.5) is 5.82 Å². The molecule has 1 aromatic carbocycles. The van der Waals surface area contributed by atoms with Crippen molar-refractivity contribution in [3.63, 3.8) is 0 Å². The smallest absolute Gasteiger partial charge is 0.244 e. The Morgan fingerprint density at radius 1 is 1.33 bits per heavy atom. The van der Waals surface area contributed by atoms with Gasteiger partial charge in [-0.1, -0.05) is 17.3 Å². The normalized spacial score (nSPS) is 18.7. The first-order chi connectivity index (χ1) is 11.4. The third-order valence-electron chi connectivity index (χ3n) is 3.98. The van der Waals surface area contributed by atoms with E-state index in [-0.39, 0.29) is 10.7 Å². The van der Waals surface area contributed by atoms with Crippen LogP contribution in [0.5, 0.6) is 0 Å². The van der Waals surface area contributed by atoms with Crippen molar-refractivity contribution in [2.45, 2.75) is 37.6 Å². The summed E-state index contributed by atoms with van der Waals surface area (Å²) in [5.41, 5.74) is 0.856. The summed E-state index contributed by atoms with van der Waals surface area (Å²) in [4.78, 5) is 12.7. The highest BCUT2D eigenvalue weighted by Crippen LogP contribution is 2.27. The number of hydrogen-bond donors (Lipinski definition) is 1. The summed E-state index contributed by atoms with van der Waals surface area (Å²) in [7, 11) is -3.71. The maximum absolute atomic E-state index is 12.9. The number of sulfonamides is 1. The molecule has 0 aliphatic carbocycles. The molecule has 1 atom stereocenters. The van der Waals surface area contributed by atoms with Crippen molar-refractivity contribution in [1.29, 1.82) is 0 Å². The number of carbonyl (C=O) groups excluding carboxylic acids is 1. The first-order valence-corrected chi connectivity index (χ1v) is 9.14. The molecular formula is C16H19N3O4S. The van der Waals surface area contributed by atoms with Crippen molar-refractivity contribution in [3.8, 4) is 0 Å². The lowest BCUT2D eigenvalue weighted by atomic mass is 10.2. The Kier molecular flexibility index (Phi) is 4.42. The highest BCUT2D eigenvalue weighted by molar-refractivity contribution is 7.89. The average molecular weight is 349 g/mol. The van der Waals surface area contributed by atoms with Gasteiger partial charge in [-0.3, -0.25) is 4.79 Å². The van der Waals surface area contributed by atoms with E-state index in [0.717, 1.165) is 5.56 Å². The second kappa shape index (κ2) is 6.37. The quantitative estimate of drug-likeness (QED) is 0.912. The molecule has 1 aliphatic rings. The minimum Gasteiger partial charge on any atom is -0.360 e. The minimum absolute atomic E-state index is 0.208. The Bertz CT molecular complexity index is 860. The zero-order valence-corrected chi connectivity index (χ0v) is 14.3. The second-order valence-electron chi connectivity index (χ2n) is 5.90. The fourth-order valence-electron chi connectivity index (χ4n) is 2.84. The number of aryl methyl sites for hydroxylation is 2. The topological polar surface area (TPSA) is 92.5 Å². The molecule has 0 unspecified atom stereocenters. The summed E-state index contributed by atoms with van der Waals surface area (Å²) >= 11 is 0. The van der Waals surface area contributed by atoms with Gasteiger partial charge in [0, 0.05) is 12.6 Å². The van der Waals surface area contributed by atoms with Gasteiger partial charge in [-0.2, -0.15) is 4.31 Å². The molecule has 0 saturated carbocycles. The van der Waals surface area contributed by atoms with E-state index in [2.05, 4.69) is 10.5 Å². The van der Waals surface area contributed by atoms with Crippen LogP contribution in [0.15, 0.2) is 39.8 Å². The number of aromatic nitrogens is 1. The Hall–Kier alpha value is -2.19. The van der Waals surface area contributed by atoms with Crippen molar-refractivity contribution < 1.29 is 17.7 Å². The number of nitrogens with zero attached hydrogens (tertiary/aromatic N) is 2. The molecule has 1 aromatic heterocycles. The van der Waals surface area contributed by atoms with Crippen LogP contribution in [0.3, 0.4) is 0 Å². The Morgan fingerprint density at radius 2 is 2.12 bits per heavy atom. The third-order valence-corrected chi connectivity index (χ3v) is 5.89. The fraction of sp³-hybridized carbons (Fsp3) is 0.375. The standard InChI is InChI=1S/C16H19N3O4S/c1-11-5-3-6-13(9-11)24(21,22)19-8-4-7-14(19)16(20)17-15-10-12(2)23-18-15/h3,5-6,9-10,14H,4,7-8H2,1-2H3,(H,17,18,20)/t14-/m1/s1. The molecule has 0 spiro atoms. The second-order valence-corrected chi connectivity index (χ2v) is 7.79. The van der Waals surface area contributed by atoms with E-state index in [1.807, 2.05) is 13.0 Å². The number of rotatable bonds is 4. The van der Waals surface area contributed by atoms with Crippen LogP contribution in [0.1, 0.15) is 24.2 Å². The first kappa shape index (κ1) is 16.7.